The van der Waals surface area contributed by atoms with Crippen LogP contribution in [0.2, 0.25) is 0 Å². The van der Waals surface area contributed by atoms with Gasteiger partial charge >= 0.3 is 0 Å². The standard InChI is InChI=1S/C21H27N5O/c1-14-5-8-16(17(11-14)27-13-15-6-7-15)12-22-18-9-10-19-23-24-20(21(2,3)4)26(19)25-18/h5,8-11,15H,6-7,12-13H2,1-4H3,(H,22,25). The van der Waals surface area contributed by atoms with E-state index in [0.717, 1.165) is 41.1 Å². The van der Waals surface area contributed by atoms with E-state index in [-0.39, 0.29) is 5.41 Å². The molecule has 0 aliphatic heterocycles. The Balaban J connectivity index is 1.53. The molecule has 0 unspecified atom stereocenters. The minimum atomic E-state index is -0.119. The van der Waals surface area contributed by atoms with Crippen LogP contribution in [0, 0.1) is 12.8 Å². The summed E-state index contributed by atoms with van der Waals surface area (Å²) in [6.07, 6.45) is 2.58. The van der Waals surface area contributed by atoms with Crippen LogP contribution in [0.1, 0.15) is 50.6 Å². The average Bonchev–Trinajstić information content (AvgIpc) is 3.34. The molecule has 0 radical (unpaired) electrons. The Hall–Kier alpha value is -2.63. The van der Waals surface area contributed by atoms with Gasteiger partial charge in [-0.1, -0.05) is 32.9 Å². The Bertz CT molecular complexity index is 953. The summed E-state index contributed by atoms with van der Waals surface area (Å²) >= 11 is 0. The lowest BCUT2D eigenvalue weighted by atomic mass is 9.96. The highest BCUT2D eigenvalue weighted by molar-refractivity contribution is 5.46. The first kappa shape index (κ1) is 17.8. The van der Waals surface area contributed by atoms with Crippen LogP contribution in [0.25, 0.3) is 5.65 Å². The number of rotatable bonds is 6. The molecule has 0 bridgehead atoms. The molecule has 142 valence electrons. The first-order chi connectivity index (χ1) is 12.9. The Kier molecular flexibility index (Phi) is 4.50. The van der Waals surface area contributed by atoms with Crippen molar-refractivity contribution < 1.29 is 4.74 Å². The second-order valence-electron chi connectivity index (χ2n) is 8.48. The van der Waals surface area contributed by atoms with Crippen LogP contribution < -0.4 is 10.1 Å². The number of nitrogens with zero attached hydrogens (tertiary/aromatic N) is 4. The monoisotopic (exact) mass is 365 g/mol. The summed E-state index contributed by atoms with van der Waals surface area (Å²) < 4.78 is 7.89. The summed E-state index contributed by atoms with van der Waals surface area (Å²) in [6.45, 7) is 9.90. The minimum absolute atomic E-state index is 0.119. The van der Waals surface area contributed by atoms with Crippen molar-refractivity contribution in [2.24, 2.45) is 5.92 Å². The van der Waals surface area contributed by atoms with Crippen molar-refractivity contribution >= 4 is 11.5 Å². The Morgan fingerprint density at radius 1 is 1.15 bits per heavy atom. The maximum Gasteiger partial charge on any atom is 0.178 e. The molecule has 0 saturated heterocycles. The van der Waals surface area contributed by atoms with E-state index < -0.39 is 0 Å². The third-order valence-electron chi connectivity index (χ3n) is 4.79. The number of aryl methyl sites for hydroxylation is 1. The Morgan fingerprint density at radius 2 is 1.96 bits per heavy atom. The number of fused-ring (bicyclic) bond motifs is 1. The van der Waals surface area contributed by atoms with Gasteiger partial charge in [-0.25, -0.2) is 0 Å². The van der Waals surface area contributed by atoms with Gasteiger partial charge in [0.1, 0.15) is 11.6 Å². The van der Waals surface area contributed by atoms with Gasteiger partial charge in [-0.3, -0.25) is 0 Å². The van der Waals surface area contributed by atoms with Gasteiger partial charge in [-0.15, -0.1) is 15.3 Å². The quantitative estimate of drug-likeness (QED) is 0.711. The first-order valence-corrected chi connectivity index (χ1v) is 9.59. The van der Waals surface area contributed by atoms with Gasteiger partial charge in [0.25, 0.3) is 0 Å². The Morgan fingerprint density at radius 3 is 2.70 bits per heavy atom. The van der Waals surface area contributed by atoms with E-state index in [1.807, 2.05) is 16.6 Å². The van der Waals surface area contributed by atoms with E-state index in [1.165, 1.54) is 18.4 Å². The zero-order valence-corrected chi connectivity index (χ0v) is 16.5. The molecular formula is C21H27N5O. The molecule has 3 aromatic rings. The van der Waals surface area contributed by atoms with Crippen LogP contribution in [0.5, 0.6) is 5.75 Å². The lowest BCUT2D eigenvalue weighted by molar-refractivity contribution is 0.297. The van der Waals surface area contributed by atoms with Gasteiger partial charge < -0.3 is 10.1 Å². The molecule has 27 heavy (non-hydrogen) atoms. The van der Waals surface area contributed by atoms with Crippen molar-refractivity contribution in [3.8, 4) is 5.75 Å². The number of hydrogen-bond donors (Lipinski definition) is 1. The number of nitrogens with one attached hydrogen (secondary N) is 1. The number of benzene rings is 1. The van der Waals surface area contributed by atoms with E-state index in [9.17, 15) is 0 Å². The summed E-state index contributed by atoms with van der Waals surface area (Å²) in [5, 5.41) is 16.6. The van der Waals surface area contributed by atoms with Crippen molar-refractivity contribution in [1.82, 2.24) is 19.8 Å². The molecule has 4 rings (SSSR count). The predicted molar refractivity (Wildman–Crippen MR) is 106 cm³/mol. The molecule has 2 aromatic heterocycles. The highest BCUT2D eigenvalue weighted by Gasteiger charge is 2.23. The summed E-state index contributed by atoms with van der Waals surface area (Å²) in [4.78, 5) is 0. The van der Waals surface area contributed by atoms with E-state index >= 15 is 0 Å². The summed E-state index contributed by atoms with van der Waals surface area (Å²) in [5.41, 5.74) is 2.99. The molecule has 0 spiro atoms. The van der Waals surface area contributed by atoms with Crippen molar-refractivity contribution in [2.75, 3.05) is 11.9 Å². The van der Waals surface area contributed by atoms with Crippen LogP contribution in [0.15, 0.2) is 30.3 Å². The van der Waals surface area contributed by atoms with Crippen molar-refractivity contribution in [2.45, 2.75) is 52.5 Å². The number of aromatic nitrogens is 4. The third kappa shape index (κ3) is 4.04. The van der Waals surface area contributed by atoms with E-state index in [0.29, 0.717) is 6.54 Å². The van der Waals surface area contributed by atoms with Crippen LogP contribution in [-0.4, -0.2) is 26.4 Å². The molecule has 0 amide bonds. The zero-order chi connectivity index (χ0) is 19.0. The fourth-order valence-electron chi connectivity index (χ4n) is 2.97. The third-order valence-corrected chi connectivity index (χ3v) is 4.79. The minimum Gasteiger partial charge on any atom is -0.493 e. The highest BCUT2D eigenvalue weighted by Crippen LogP contribution is 2.31. The van der Waals surface area contributed by atoms with Crippen molar-refractivity contribution in [3.63, 3.8) is 0 Å². The van der Waals surface area contributed by atoms with Crippen LogP contribution in [-0.2, 0) is 12.0 Å². The van der Waals surface area contributed by atoms with Gasteiger partial charge in [0.15, 0.2) is 11.5 Å². The predicted octanol–water partition coefficient (Wildman–Crippen LogP) is 4.13. The SMILES string of the molecule is Cc1ccc(CNc2ccc3nnc(C(C)(C)C)n3n2)c(OCC2CC2)c1. The number of ether oxygens (including phenoxy) is 1. The van der Waals surface area contributed by atoms with Gasteiger partial charge in [-0.05, 0) is 49.4 Å². The Labute approximate surface area is 160 Å². The van der Waals surface area contributed by atoms with Crippen LogP contribution >= 0.6 is 0 Å². The largest absolute Gasteiger partial charge is 0.493 e. The summed E-state index contributed by atoms with van der Waals surface area (Å²) in [7, 11) is 0. The molecule has 2 heterocycles. The lowest BCUT2D eigenvalue weighted by Gasteiger charge is -2.16. The maximum absolute atomic E-state index is 6.07. The normalized spacial score (nSPS) is 14.5. The van der Waals surface area contributed by atoms with E-state index in [4.69, 9.17) is 4.74 Å². The fraction of sp³-hybridized carbons (Fsp3) is 0.476. The van der Waals surface area contributed by atoms with Gasteiger partial charge in [-0.2, -0.15) is 4.52 Å². The second kappa shape index (κ2) is 6.83. The molecule has 6 nitrogen and oxygen atoms in total. The van der Waals surface area contributed by atoms with Crippen LogP contribution in [0.4, 0.5) is 5.82 Å². The molecule has 1 saturated carbocycles. The van der Waals surface area contributed by atoms with Gasteiger partial charge in [0.2, 0.25) is 0 Å². The van der Waals surface area contributed by atoms with Crippen molar-refractivity contribution in [1.29, 1.82) is 0 Å². The molecule has 1 fully saturated rings. The average molecular weight is 365 g/mol. The molecular weight excluding hydrogens is 338 g/mol. The zero-order valence-electron chi connectivity index (χ0n) is 16.5. The molecule has 1 aliphatic rings. The second-order valence-corrected chi connectivity index (χ2v) is 8.48. The molecule has 6 heteroatoms. The lowest BCUT2D eigenvalue weighted by Crippen LogP contribution is -2.17. The maximum atomic E-state index is 6.07. The summed E-state index contributed by atoms with van der Waals surface area (Å²) in [5.74, 6) is 3.35. The topological polar surface area (TPSA) is 64.3 Å². The number of hydrogen-bond acceptors (Lipinski definition) is 5. The van der Waals surface area contributed by atoms with Crippen LogP contribution in [0.3, 0.4) is 0 Å². The molecule has 1 aliphatic carbocycles. The summed E-state index contributed by atoms with van der Waals surface area (Å²) in [6, 6.07) is 10.2. The number of anilines is 1. The molecule has 1 N–H and O–H groups in total. The van der Waals surface area contributed by atoms with Crippen molar-refractivity contribution in [3.05, 3.63) is 47.3 Å². The smallest absolute Gasteiger partial charge is 0.178 e. The fourth-order valence-corrected chi connectivity index (χ4v) is 2.97. The highest BCUT2D eigenvalue weighted by atomic mass is 16.5. The molecule has 0 atom stereocenters. The molecule has 1 aromatic carbocycles. The van der Waals surface area contributed by atoms with Gasteiger partial charge in [0, 0.05) is 17.5 Å². The van der Waals surface area contributed by atoms with E-state index in [1.54, 1.807) is 0 Å². The van der Waals surface area contributed by atoms with E-state index in [2.05, 4.69) is 66.5 Å². The first-order valence-electron chi connectivity index (χ1n) is 9.59. The van der Waals surface area contributed by atoms with Gasteiger partial charge in [0.05, 0.1) is 6.61 Å².